The van der Waals surface area contributed by atoms with Crippen molar-refractivity contribution in [3.8, 4) is 0 Å². The van der Waals surface area contributed by atoms with E-state index in [2.05, 4.69) is 98.4 Å². The second-order valence-electron chi connectivity index (χ2n) is 17.4. The number of aromatic nitrogens is 4. The van der Waals surface area contributed by atoms with Crippen LogP contribution in [0.25, 0.3) is 165 Å². The van der Waals surface area contributed by atoms with Crippen molar-refractivity contribution in [2.24, 2.45) is 0 Å². The van der Waals surface area contributed by atoms with Crippen molar-refractivity contribution in [2.45, 2.75) is 6.92 Å². The van der Waals surface area contributed by atoms with E-state index in [1.165, 1.54) is 53.9 Å². The molecule has 6 nitrogen and oxygen atoms in total. The first-order valence-electron chi connectivity index (χ1n) is 21.4. The second kappa shape index (κ2) is 10.5. The van der Waals surface area contributed by atoms with Crippen molar-refractivity contribution < 1.29 is 0 Å². The molecule has 63 heavy (non-hydrogen) atoms. The van der Waals surface area contributed by atoms with Gasteiger partial charge in [-0.1, -0.05) is 104 Å². The first kappa shape index (κ1) is 32.3. The van der Waals surface area contributed by atoms with Crippen molar-refractivity contribution in [3.63, 3.8) is 0 Å². The van der Waals surface area contributed by atoms with Gasteiger partial charge in [0.2, 0.25) is 0 Å². The molecule has 0 radical (unpaired) electrons. The van der Waals surface area contributed by atoms with Crippen molar-refractivity contribution in [1.29, 1.82) is 0 Å². The zero-order chi connectivity index (χ0) is 41.3. The van der Waals surface area contributed by atoms with Crippen LogP contribution in [0.15, 0.2) is 143 Å². The maximum Gasteiger partial charge on any atom is 0.264 e. The summed E-state index contributed by atoms with van der Waals surface area (Å²) in [5, 5.41) is 26.1. The SMILES string of the molecule is C=c1c(=O)n2c3ccccc3nc2c2ccc3c4ccc5c6ccc7c8ccc9c(=O)n%10c%11ccccc%11nc%10c%10ccc(c%11ccc(c%12ccc(/c(=C/C)c3c12)c4c%125)c6c%117)c8c9%10. The number of fused-ring (bicyclic) bond motifs is 16. The lowest BCUT2D eigenvalue weighted by atomic mass is 9.81. The summed E-state index contributed by atoms with van der Waals surface area (Å²) in [6.07, 6.45) is 2.20. The number of nitrogens with zero attached hydrogens (tertiary/aromatic N) is 4. The molecular weight excluding hydrogens is 773 g/mol. The third-order valence-corrected chi connectivity index (χ3v) is 14.8. The zero-order valence-corrected chi connectivity index (χ0v) is 33.6. The lowest BCUT2D eigenvalue weighted by Crippen LogP contribution is -2.30. The molecule has 4 heterocycles. The minimum absolute atomic E-state index is 0.0367. The van der Waals surface area contributed by atoms with E-state index in [4.69, 9.17) is 9.97 Å². The van der Waals surface area contributed by atoms with Gasteiger partial charge >= 0.3 is 0 Å². The molecule has 16 rings (SSSR count). The van der Waals surface area contributed by atoms with Crippen LogP contribution in [0.4, 0.5) is 0 Å². The summed E-state index contributed by atoms with van der Waals surface area (Å²) in [5.41, 5.74) is 4.42. The molecule has 0 N–H and O–H groups in total. The highest BCUT2D eigenvalue weighted by molar-refractivity contribution is 6.46. The van der Waals surface area contributed by atoms with Crippen LogP contribution in [-0.2, 0) is 0 Å². The monoisotopic (exact) mass is 800 g/mol. The third-order valence-electron chi connectivity index (χ3n) is 14.8. The van der Waals surface area contributed by atoms with Gasteiger partial charge in [-0.3, -0.25) is 18.4 Å². The molecule has 288 valence electrons. The van der Waals surface area contributed by atoms with Crippen LogP contribution >= 0.6 is 0 Å². The number of imidazole rings is 2. The molecule has 0 spiro atoms. The molecule has 6 heteroatoms. The number of benzene rings is 12. The van der Waals surface area contributed by atoms with Gasteiger partial charge in [-0.25, -0.2) is 9.97 Å². The van der Waals surface area contributed by atoms with Crippen LogP contribution in [0.1, 0.15) is 6.92 Å². The summed E-state index contributed by atoms with van der Waals surface area (Å²) < 4.78 is 3.51. The minimum atomic E-state index is -0.139. The Kier molecular flexibility index (Phi) is 5.39. The minimum Gasteiger partial charge on any atom is -0.268 e. The number of para-hydroxylation sites is 4. The number of hydrogen-bond acceptors (Lipinski definition) is 4. The van der Waals surface area contributed by atoms with E-state index >= 15 is 0 Å². The summed E-state index contributed by atoms with van der Waals surface area (Å²) in [7, 11) is 0. The summed E-state index contributed by atoms with van der Waals surface area (Å²) in [6.45, 7) is 6.54. The van der Waals surface area contributed by atoms with E-state index in [0.717, 1.165) is 86.5 Å². The number of rotatable bonds is 0. The first-order chi connectivity index (χ1) is 31.0. The van der Waals surface area contributed by atoms with E-state index in [0.29, 0.717) is 21.9 Å². The Labute approximate surface area is 353 Å². The Morgan fingerprint density at radius 1 is 0.381 bits per heavy atom. The fourth-order valence-electron chi connectivity index (χ4n) is 12.3. The van der Waals surface area contributed by atoms with Gasteiger partial charge in [-0.15, -0.1) is 0 Å². The molecule has 0 bridgehead atoms. The lowest BCUT2D eigenvalue weighted by Gasteiger charge is -2.21. The van der Waals surface area contributed by atoms with E-state index < -0.39 is 0 Å². The van der Waals surface area contributed by atoms with Gasteiger partial charge in [0.25, 0.3) is 11.1 Å². The van der Waals surface area contributed by atoms with Crippen molar-refractivity contribution in [3.05, 3.63) is 165 Å². The van der Waals surface area contributed by atoms with E-state index in [9.17, 15) is 9.59 Å². The van der Waals surface area contributed by atoms with E-state index in [-0.39, 0.29) is 11.1 Å². The Hall–Kier alpha value is -8.48. The largest absolute Gasteiger partial charge is 0.268 e. The summed E-state index contributed by atoms with van der Waals surface area (Å²) >= 11 is 0. The molecule has 0 aliphatic rings. The number of pyridine rings is 2. The maximum atomic E-state index is 14.3. The van der Waals surface area contributed by atoms with Crippen molar-refractivity contribution in [2.75, 3.05) is 0 Å². The molecule has 0 saturated heterocycles. The Morgan fingerprint density at radius 3 is 1.17 bits per heavy atom. The van der Waals surface area contributed by atoms with Gasteiger partial charge < -0.3 is 0 Å². The van der Waals surface area contributed by atoms with Crippen LogP contribution in [-0.4, -0.2) is 18.8 Å². The fourth-order valence-corrected chi connectivity index (χ4v) is 12.3. The first-order valence-corrected chi connectivity index (χ1v) is 21.4. The summed E-state index contributed by atoms with van der Waals surface area (Å²) in [6, 6.07) is 47.1. The van der Waals surface area contributed by atoms with Crippen LogP contribution in [0.2, 0.25) is 0 Å². The molecule has 0 saturated carbocycles. The standard InChI is InChI=1S/C57H28N4O2/c1-3-27-28-12-13-31-33-16-18-35-37-21-24-40-53-41(57(63)61-45-11-7-5-9-43(45)59-55(40)61)25-22-38(52(37)53)36-19-17-34(50(33)51(35)36)32-15-14-30(48(28)49(31)32)29-20-23-39-46(47(27)29)26(2)56(62)60-44-10-6-4-8-42(44)58-54(39)60/h3-25H,2H2,1H3/b27-3-. The molecular formula is C57H28N4O2. The normalized spacial score (nSPS) is 13.4. The smallest absolute Gasteiger partial charge is 0.264 e. The van der Waals surface area contributed by atoms with Gasteiger partial charge in [0, 0.05) is 32.1 Å². The fraction of sp³-hybridized carbons (Fsp3) is 0.0175. The molecule has 0 aliphatic heterocycles. The Morgan fingerprint density at radius 2 is 0.714 bits per heavy atom. The molecule has 0 fully saturated rings. The van der Waals surface area contributed by atoms with E-state index in [1.807, 2.05) is 54.6 Å². The molecule has 0 atom stereocenters. The van der Waals surface area contributed by atoms with Gasteiger partial charge in [0.15, 0.2) is 0 Å². The van der Waals surface area contributed by atoms with Crippen molar-refractivity contribution in [1.82, 2.24) is 18.8 Å². The summed E-state index contributed by atoms with van der Waals surface area (Å²) in [4.78, 5) is 38.5. The van der Waals surface area contributed by atoms with Crippen molar-refractivity contribution >= 4 is 165 Å². The molecule has 0 amide bonds. The molecule has 0 aliphatic carbocycles. The highest BCUT2D eigenvalue weighted by Gasteiger charge is 2.25. The summed E-state index contributed by atoms with van der Waals surface area (Å²) in [5.74, 6) is 0. The molecule has 4 aromatic heterocycles. The Balaban J connectivity index is 1.04. The highest BCUT2D eigenvalue weighted by Crippen LogP contribution is 2.50. The average Bonchev–Trinajstić information content (AvgIpc) is 3.92. The molecule has 12 aromatic carbocycles. The van der Waals surface area contributed by atoms with Gasteiger partial charge in [-0.2, -0.15) is 0 Å². The zero-order valence-electron chi connectivity index (χ0n) is 33.6. The molecule has 16 aromatic rings. The predicted octanol–water partition coefficient (Wildman–Crippen LogP) is 11.7. The van der Waals surface area contributed by atoms with Gasteiger partial charge in [0.1, 0.15) is 11.3 Å². The van der Waals surface area contributed by atoms with Crippen LogP contribution < -0.4 is 21.6 Å². The Bertz CT molecular complexity index is 5030. The van der Waals surface area contributed by atoms with Gasteiger partial charge in [0.05, 0.1) is 22.1 Å². The quantitative estimate of drug-likeness (QED) is 0.113. The topological polar surface area (TPSA) is 68.7 Å². The third kappa shape index (κ3) is 3.46. The maximum absolute atomic E-state index is 14.3. The van der Waals surface area contributed by atoms with E-state index in [1.54, 1.807) is 8.80 Å². The predicted molar refractivity (Wildman–Crippen MR) is 264 cm³/mol. The molecule has 0 unspecified atom stereocenters. The average molecular weight is 801 g/mol. The number of hydrogen-bond donors (Lipinski definition) is 0. The van der Waals surface area contributed by atoms with Crippen LogP contribution in [0, 0.1) is 0 Å². The highest BCUT2D eigenvalue weighted by atomic mass is 16.1. The van der Waals surface area contributed by atoms with Gasteiger partial charge in [-0.05, 0) is 146 Å². The van der Waals surface area contributed by atoms with Crippen LogP contribution in [0.5, 0.6) is 0 Å². The lowest BCUT2D eigenvalue weighted by molar-refractivity contribution is 1.15. The van der Waals surface area contributed by atoms with Crippen LogP contribution in [0.3, 0.4) is 0 Å². The second-order valence-corrected chi connectivity index (χ2v) is 17.4.